The van der Waals surface area contributed by atoms with Gasteiger partial charge in [-0.3, -0.25) is 0 Å². The molecule has 1 N–H and O–H groups in total. The number of rotatable bonds is 10. The summed E-state index contributed by atoms with van der Waals surface area (Å²) in [4.78, 5) is 4.83. The molecule has 0 unspecified atom stereocenters. The van der Waals surface area contributed by atoms with Gasteiger partial charge in [-0.1, -0.05) is 31.5 Å². The second kappa shape index (κ2) is 12.2. The number of anilines is 2. The summed E-state index contributed by atoms with van der Waals surface area (Å²) in [5.41, 5.74) is 7.77. The Labute approximate surface area is 199 Å². The van der Waals surface area contributed by atoms with Gasteiger partial charge in [0.25, 0.3) is 0 Å². The number of methoxy groups -OCH3 is 1. The van der Waals surface area contributed by atoms with E-state index in [1.807, 2.05) is 0 Å². The number of hydrogen-bond donors (Lipinski definition) is 1. The van der Waals surface area contributed by atoms with Crippen molar-refractivity contribution in [2.24, 2.45) is 0 Å². The maximum Gasteiger partial charge on any atom is 0.173 e. The number of unbranched alkanes of at least 4 members (excludes halogenated alkanes) is 1. The minimum Gasteiger partial charge on any atom is -0.385 e. The molecule has 5 heteroatoms. The van der Waals surface area contributed by atoms with E-state index in [-0.39, 0.29) is 0 Å². The lowest BCUT2D eigenvalue weighted by molar-refractivity contribution is 0.185. The highest BCUT2D eigenvalue weighted by atomic mass is 32.1. The topological polar surface area (TPSA) is 27.7 Å². The number of hydrogen-bond acceptors (Lipinski definition) is 3. The number of benzene rings is 2. The van der Waals surface area contributed by atoms with E-state index in [0.717, 1.165) is 43.5 Å². The molecule has 2 aromatic carbocycles. The maximum atomic E-state index is 5.85. The van der Waals surface area contributed by atoms with Crippen LogP contribution >= 0.6 is 12.2 Å². The molecular weight excluding hydrogens is 414 g/mol. The van der Waals surface area contributed by atoms with E-state index in [1.165, 1.54) is 60.2 Å². The Balaban J connectivity index is 1.73. The fourth-order valence-corrected chi connectivity index (χ4v) is 4.80. The van der Waals surface area contributed by atoms with E-state index < -0.39 is 0 Å². The molecule has 1 heterocycles. The maximum absolute atomic E-state index is 5.85. The van der Waals surface area contributed by atoms with Crippen molar-refractivity contribution in [3.8, 4) is 0 Å². The summed E-state index contributed by atoms with van der Waals surface area (Å²) in [6.07, 6.45) is 5.85. The molecule has 4 nitrogen and oxygen atoms in total. The van der Waals surface area contributed by atoms with Crippen molar-refractivity contribution in [1.82, 2.24) is 4.90 Å². The van der Waals surface area contributed by atoms with Crippen LogP contribution in [0.2, 0.25) is 0 Å². The van der Waals surface area contributed by atoms with Crippen molar-refractivity contribution in [1.29, 1.82) is 0 Å². The fraction of sp³-hybridized carbons (Fsp3) is 0.519. The van der Waals surface area contributed by atoms with Crippen molar-refractivity contribution in [3.63, 3.8) is 0 Å². The molecule has 0 radical (unpaired) electrons. The number of thiocarbonyl (C=S) groups is 1. The average molecular weight is 454 g/mol. The fourth-order valence-electron chi connectivity index (χ4n) is 4.53. The van der Waals surface area contributed by atoms with E-state index in [1.54, 1.807) is 7.11 Å². The summed E-state index contributed by atoms with van der Waals surface area (Å²) >= 11 is 5.85. The molecular formula is C27H39N3OS. The van der Waals surface area contributed by atoms with Crippen LogP contribution in [0.25, 0.3) is 0 Å². The number of nitrogens with one attached hydrogen (secondary N) is 1. The minimum absolute atomic E-state index is 0.735. The molecule has 0 bridgehead atoms. The molecule has 0 saturated carbocycles. The van der Waals surface area contributed by atoms with Gasteiger partial charge in [0.1, 0.15) is 0 Å². The van der Waals surface area contributed by atoms with Crippen molar-refractivity contribution in [3.05, 3.63) is 58.7 Å². The van der Waals surface area contributed by atoms with E-state index in [9.17, 15) is 0 Å². The first-order valence-electron chi connectivity index (χ1n) is 12.0. The smallest absolute Gasteiger partial charge is 0.173 e. The second-order valence-corrected chi connectivity index (χ2v) is 9.37. The summed E-state index contributed by atoms with van der Waals surface area (Å²) in [5.74, 6) is 0. The standard InChI is InChI=1S/C27H39N3OS/c1-5-6-12-29-13-7-9-24-19-23(10-11-26(24)29)20-30(14-8-15-31-4)27(32)28-25-17-21(2)16-22(3)18-25/h10-11,16-19H,5-9,12-15,20H2,1-4H3,(H,28,32). The van der Waals surface area contributed by atoms with Crippen LogP contribution in [0, 0.1) is 13.8 Å². The SMILES string of the molecule is CCCCN1CCCc2cc(CN(CCCOC)C(=S)Nc3cc(C)cc(C)c3)ccc21. The first-order valence-corrected chi connectivity index (χ1v) is 12.4. The predicted molar refractivity (Wildman–Crippen MR) is 141 cm³/mol. The van der Waals surface area contributed by atoms with E-state index in [0.29, 0.717) is 0 Å². The second-order valence-electron chi connectivity index (χ2n) is 8.98. The zero-order valence-corrected chi connectivity index (χ0v) is 21.1. The van der Waals surface area contributed by atoms with Gasteiger partial charge in [0.15, 0.2) is 5.11 Å². The Morgan fingerprint density at radius 1 is 1.12 bits per heavy atom. The zero-order valence-electron chi connectivity index (χ0n) is 20.2. The van der Waals surface area contributed by atoms with Gasteiger partial charge in [-0.2, -0.15) is 0 Å². The molecule has 0 aromatic heterocycles. The van der Waals surface area contributed by atoms with Crippen LogP contribution < -0.4 is 10.2 Å². The van der Waals surface area contributed by atoms with Crippen LogP contribution in [0.15, 0.2) is 36.4 Å². The van der Waals surface area contributed by atoms with Gasteiger partial charge in [0, 0.05) is 51.3 Å². The van der Waals surface area contributed by atoms with Crippen LogP contribution in [-0.2, 0) is 17.7 Å². The van der Waals surface area contributed by atoms with Gasteiger partial charge in [0.05, 0.1) is 0 Å². The highest BCUT2D eigenvalue weighted by Gasteiger charge is 2.18. The van der Waals surface area contributed by atoms with E-state index >= 15 is 0 Å². The lowest BCUT2D eigenvalue weighted by Crippen LogP contribution is -2.35. The van der Waals surface area contributed by atoms with E-state index in [2.05, 4.69) is 72.3 Å². The lowest BCUT2D eigenvalue weighted by Gasteiger charge is -2.32. The summed E-state index contributed by atoms with van der Waals surface area (Å²) < 4.78 is 5.29. The van der Waals surface area contributed by atoms with Gasteiger partial charge >= 0.3 is 0 Å². The zero-order chi connectivity index (χ0) is 22.9. The highest BCUT2D eigenvalue weighted by molar-refractivity contribution is 7.80. The largest absolute Gasteiger partial charge is 0.385 e. The van der Waals surface area contributed by atoms with Gasteiger partial charge in [-0.15, -0.1) is 0 Å². The quantitative estimate of drug-likeness (QED) is 0.347. The molecule has 0 saturated heterocycles. The lowest BCUT2D eigenvalue weighted by atomic mass is 9.98. The molecule has 0 aliphatic carbocycles. The molecule has 174 valence electrons. The predicted octanol–water partition coefficient (Wildman–Crippen LogP) is 6.09. The third-order valence-electron chi connectivity index (χ3n) is 6.05. The molecule has 0 amide bonds. The first-order chi connectivity index (χ1) is 15.5. The number of aryl methyl sites for hydroxylation is 3. The molecule has 0 atom stereocenters. The van der Waals surface area contributed by atoms with Crippen molar-refractivity contribution in [2.75, 3.05) is 43.6 Å². The minimum atomic E-state index is 0.735. The Morgan fingerprint density at radius 2 is 1.91 bits per heavy atom. The van der Waals surface area contributed by atoms with E-state index in [4.69, 9.17) is 17.0 Å². The van der Waals surface area contributed by atoms with Crippen LogP contribution in [0.3, 0.4) is 0 Å². The average Bonchev–Trinajstić information content (AvgIpc) is 2.76. The molecule has 1 aliphatic heterocycles. The third-order valence-corrected chi connectivity index (χ3v) is 6.41. The van der Waals surface area contributed by atoms with Crippen molar-refractivity contribution in [2.45, 2.75) is 59.4 Å². The van der Waals surface area contributed by atoms with Crippen LogP contribution in [-0.4, -0.2) is 43.4 Å². The monoisotopic (exact) mass is 453 g/mol. The highest BCUT2D eigenvalue weighted by Crippen LogP contribution is 2.29. The van der Waals surface area contributed by atoms with Crippen molar-refractivity contribution < 1.29 is 4.74 Å². The normalized spacial score (nSPS) is 13.1. The first kappa shape index (κ1) is 24.5. The summed E-state index contributed by atoms with van der Waals surface area (Å²) in [6.45, 7) is 11.3. The van der Waals surface area contributed by atoms with Gasteiger partial charge in [-0.25, -0.2) is 0 Å². The molecule has 0 spiro atoms. The molecule has 3 rings (SSSR count). The van der Waals surface area contributed by atoms with Crippen LogP contribution in [0.1, 0.15) is 54.9 Å². The Morgan fingerprint density at radius 3 is 2.62 bits per heavy atom. The van der Waals surface area contributed by atoms with Crippen LogP contribution in [0.4, 0.5) is 11.4 Å². The molecule has 2 aromatic rings. The summed E-state index contributed by atoms with van der Waals surface area (Å²) in [6, 6.07) is 13.5. The van der Waals surface area contributed by atoms with Gasteiger partial charge in [-0.05, 0) is 92.2 Å². The van der Waals surface area contributed by atoms with Gasteiger partial charge < -0.3 is 19.9 Å². The summed E-state index contributed by atoms with van der Waals surface area (Å²) in [5, 5.41) is 4.24. The Kier molecular flexibility index (Phi) is 9.36. The van der Waals surface area contributed by atoms with Crippen LogP contribution in [0.5, 0.6) is 0 Å². The number of fused-ring (bicyclic) bond motifs is 1. The number of ether oxygens (including phenoxy) is 1. The molecule has 1 aliphatic rings. The third kappa shape index (κ3) is 6.94. The molecule has 0 fully saturated rings. The molecule has 32 heavy (non-hydrogen) atoms. The Hall–Kier alpha value is -2.11. The van der Waals surface area contributed by atoms with Gasteiger partial charge in [0.2, 0.25) is 0 Å². The Bertz CT molecular complexity index is 878. The number of nitrogens with zero attached hydrogens (tertiary/aromatic N) is 2. The summed E-state index contributed by atoms with van der Waals surface area (Å²) in [7, 11) is 1.75. The van der Waals surface area contributed by atoms with Crippen molar-refractivity contribution >= 4 is 28.7 Å².